The van der Waals surface area contributed by atoms with Gasteiger partial charge in [-0.25, -0.2) is 4.39 Å². The average Bonchev–Trinajstić information content (AvgIpc) is 2.91. The van der Waals surface area contributed by atoms with Crippen LogP contribution in [0.15, 0.2) is 29.2 Å². The standard InChI is InChI=1S/C14H18FNO2S/c1-10(19-13-6-4-11(15)5-7-13)14(17)16-9-12-3-2-8-18-12/h4-7,10,12H,2-3,8-9H2,1H3,(H,16,17)/t10-,12+/m1/s1. The van der Waals surface area contributed by atoms with Crippen LogP contribution < -0.4 is 5.32 Å². The molecule has 5 heteroatoms. The van der Waals surface area contributed by atoms with Crippen LogP contribution >= 0.6 is 11.8 Å². The number of carbonyl (C=O) groups is 1. The van der Waals surface area contributed by atoms with Crippen molar-refractivity contribution in [3.05, 3.63) is 30.1 Å². The maximum Gasteiger partial charge on any atom is 0.233 e. The Morgan fingerprint density at radius 1 is 1.53 bits per heavy atom. The molecule has 1 aromatic rings. The van der Waals surface area contributed by atoms with Gasteiger partial charge in [0, 0.05) is 18.0 Å². The Morgan fingerprint density at radius 3 is 2.89 bits per heavy atom. The van der Waals surface area contributed by atoms with Crippen molar-refractivity contribution in [2.45, 2.75) is 36.0 Å². The van der Waals surface area contributed by atoms with Crippen molar-refractivity contribution in [1.29, 1.82) is 0 Å². The number of halogens is 1. The van der Waals surface area contributed by atoms with Gasteiger partial charge in [-0.15, -0.1) is 11.8 Å². The number of benzene rings is 1. The third kappa shape index (κ3) is 4.51. The maximum atomic E-state index is 12.8. The summed E-state index contributed by atoms with van der Waals surface area (Å²) >= 11 is 1.42. The largest absolute Gasteiger partial charge is 0.376 e. The van der Waals surface area contributed by atoms with Gasteiger partial charge in [0.15, 0.2) is 0 Å². The first-order valence-corrected chi connectivity index (χ1v) is 7.34. The van der Waals surface area contributed by atoms with Crippen LogP contribution in [0.25, 0.3) is 0 Å². The highest BCUT2D eigenvalue weighted by Gasteiger charge is 2.19. The molecule has 104 valence electrons. The van der Waals surface area contributed by atoms with Gasteiger partial charge in [0.05, 0.1) is 11.4 Å². The van der Waals surface area contributed by atoms with Crippen molar-refractivity contribution in [1.82, 2.24) is 5.32 Å². The lowest BCUT2D eigenvalue weighted by Gasteiger charge is -2.14. The number of amides is 1. The molecule has 0 unspecified atom stereocenters. The molecule has 0 aromatic heterocycles. The minimum absolute atomic E-state index is 0.00942. The third-order valence-electron chi connectivity index (χ3n) is 3.02. The van der Waals surface area contributed by atoms with E-state index < -0.39 is 0 Å². The fourth-order valence-corrected chi connectivity index (χ4v) is 2.83. The van der Waals surface area contributed by atoms with Crippen LogP contribution in [0.4, 0.5) is 4.39 Å². The van der Waals surface area contributed by atoms with Crippen molar-refractivity contribution in [2.75, 3.05) is 13.2 Å². The second-order valence-corrected chi connectivity index (χ2v) is 6.01. The molecule has 1 fully saturated rings. The van der Waals surface area contributed by atoms with Gasteiger partial charge >= 0.3 is 0 Å². The molecule has 1 N–H and O–H groups in total. The number of thioether (sulfide) groups is 1. The highest BCUT2D eigenvalue weighted by atomic mass is 32.2. The molecule has 1 saturated heterocycles. The molecule has 1 heterocycles. The van der Waals surface area contributed by atoms with E-state index >= 15 is 0 Å². The summed E-state index contributed by atoms with van der Waals surface area (Å²) in [5.41, 5.74) is 0. The molecule has 0 radical (unpaired) electrons. The molecule has 19 heavy (non-hydrogen) atoms. The zero-order valence-corrected chi connectivity index (χ0v) is 11.7. The fourth-order valence-electron chi connectivity index (χ4n) is 1.93. The maximum absolute atomic E-state index is 12.8. The summed E-state index contributed by atoms with van der Waals surface area (Å²) < 4.78 is 18.2. The van der Waals surface area contributed by atoms with Crippen molar-refractivity contribution in [3.8, 4) is 0 Å². The van der Waals surface area contributed by atoms with E-state index in [0.29, 0.717) is 6.54 Å². The molecule has 3 nitrogen and oxygen atoms in total. The van der Waals surface area contributed by atoms with Gasteiger partial charge in [0.25, 0.3) is 0 Å². The molecule has 1 aliphatic rings. The van der Waals surface area contributed by atoms with Crippen LogP contribution in [0, 0.1) is 5.82 Å². The van der Waals surface area contributed by atoms with Crippen LogP contribution in [-0.4, -0.2) is 30.4 Å². The summed E-state index contributed by atoms with van der Waals surface area (Å²) in [4.78, 5) is 12.8. The molecule has 0 bridgehead atoms. The first-order valence-electron chi connectivity index (χ1n) is 6.46. The summed E-state index contributed by atoms with van der Waals surface area (Å²) in [6.07, 6.45) is 2.24. The van der Waals surface area contributed by atoms with E-state index in [9.17, 15) is 9.18 Å². The average molecular weight is 283 g/mol. The van der Waals surface area contributed by atoms with Gasteiger partial charge in [0.1, 0.15) is 5.82 Å². The summed E-state index contributed by atoms with van der Waals surface area (Å²) in [5.74, 6) is -0.273. The molecule has 0 saturated carbocycles. The Labute approximate surface area is 116 Å². The van der Waals surface area contributed by atoms with Crippen LogP contribution in [0.2, 0.25) is 0 Å². The van der Waals surface area contributed by atoms with E-state index in [0.717, 1.165) is 24.3 Å². The number of carbonyl (C=O) groups excluding carboxylic acids is 1. The molecule has 2 atom stereocenters. The van der Waals surface area contributed by atoms with Crippen LogP contribution in [0.1, 0.15) is 19.8 Å². The Balaban J connectivity index is 1.76. The highest BCUT2D eigenvalue weighted by Crippen LogP contribution is 2.23. The zero-order valence-electron chi connectivity index (χ0n) is 10.9. The lowest BCUT2D eigenvalue weighted by molar-refractivity contribution is -0.120. The first kappa shape index (κ1) is 14.3. The van der Waals surface area contributed by atoms with Crippen molar-refractivity contribution >= 4 is 17.7 Å². The Bertz CT molecular complexity index is 418. The summed E-state index contributed by atoms with van der Waals surface area (Å²) in [6.45, 7) is 3.21. The number of rotatable bonds is 5. The molecule has 0 aliphatic carbocycles. The van der Waals surface area contributed by atoms with Crippen molar-refractivity contribution in [2.24, 2.45) is 0 Å². The number of nitrogens with one attached hydrogen (secondary N) is 1. The topological polar surface area (TPSA) is 38.3 Å². The van der Waals surface area contributed by atoms with Gasteiger partial charge in [-0.2, -0.15) is 0 Å². The SMILES string of the molecule is C[C@@H](Sc1ccc(F)cc1)C(=O)NC[C@@H]1CCCO1. The van der Waals surface area contributed by atoms with Gasteiger partial charge in [-0.3, -0.25) is 4.79 Å². The van der Waals surface area contributed by atoms with E-state index in [4.69, 9.17) is 4.74 Å². The second kappa shape index (κ2) is 6.91. The quantitative estimate of drug-likeness (QED) is 0.844. The molecule has 1 aliphatic heterocycles. The van der Waals surface area contributed by atoms with Crippen LogP contribution in [-0.2, 0) is 9.53 Å². The van der Waals surface area contributed by atoms with E-state index in [2.05, 4.69) is 5.32 Å². The predicted molar refractivity (Wildman–Crippen MR) is 73.7 cm³/mol. The second-order valence-electron chi connectivity index (χ2n) is 4.59. The number of hydrogen-bond acceptors (Lipinski definition) is 3. The monoisotopic (exact) mass is 283 g/mol. The predicted octanol–water partition coefficient (Wildman–Crippen LogP) is 2.60. The van der Waals surface area contributed by atoms with Crippen molar-refractivity contribution in [3.63, 3.8) is 0 Å². The minimum atomic E-state index is -0.264. The summed E-state index contributed by atoms with van der Waals surface area (Å²) in [6, 6.07) is 6.17. The van der Waals surface area contributed by atoms with Crippen LogP contribution in [0.3, 0.4) is 0 Å². The van der Waals surface area contributed by atoms with Gasteiger partial charge < -0.3 is 10.1 Å². The summed E-state index contributed by atoms with van der Waals surface area (Å²) in [5, 5.41) is 2.70. The zero-order chi connectivity index (χ0) is 13.7. The Morgan fingerprint density at radius 2 is 2.26 bits per heavy atom. The fraction of sp³-hybridized carbons (Fsp3) is 0.500. The van der Waals surface area contributed by atoms with Crippen molar-refractivity contribution < 1.29 is 13.9 Å². The lowest BCUT2D eigenvalue weighted by Crippen LogP contribution is -2.36. The molecule has 1 amide bonds. The van der Waals surface area contributed by atoms with Gasteiger partial charge in [0.2, 0.25) is 5.91 Å². The van der Waals surface area contributed by atoms with E-state index in [1.54, 1.807) is 12.1 Å². The summed E-state index contributed by atoms with van der Waals surface area (Å²) in [7, 11) is 0. The Hall–Kier alpha value is -1.07. The number of hydrogen-bond donors (Lipinski definition) is 1. The van der Waals surface area contributed by atoms with Gasteiger partial charge in [-0.05, 0) is 44.0 Å². The highest BCUT2D eigenvalue weighted by molar-refractivity contribution is 8.00. The third-order valence-corrected chi connectivity index (χ3v) is 4.14. The molecule has 1 aromatic carbocycles. The number of ether oxygens (including phenoxy) is 1. The van der Waals surface area contributed by atoms with E-state index in [-0.39, 0.29) is 23.1 Å². The van der Waals surface area contributed by atoms with Crippen LogP contribution in [0.5, 0.6) is 0 Å². The lowest BCUT2D eigenvalue weighted by atomic mass is 10.2. The smallest absolute Gasteiger partial charge is 0.233 e. The van der Waals surface area contributed by atoms with Gasteiger partial charge in [-0.1, -0.05) is 0 Å². The molecular weight excluding hydrogens is 265 g/mol. The van der Waals surface area contributed by atoms with E-state index in [1.807, 2.05) is 6.92 Å². The molecular formula is C14H18FNO2S. The molecule has 0 spiro atoms. The first-order chi connectivity index (χ1) is 9.15. The minimum Gasteiger partial charge on any atom is -0.376 e. The normalized spacial score (nSPS) is 20.2. The van der Waals surface area contributed by atoms with E-state index in [1.165, 1.54) is 23.9 Å². The Kier molecular flexibility index (Phi) is 5.22. The molecule has 2 rings (SSSR count).